The van der Waals surface area contributed by atoms with Crippen LogP contribution in [0.4, 0.5) is 13.2 Å². The Kier molecular flexibility index (Phi) is 4.12. The summed E-state index contributed by atoms with van der Waals surface area (Å²) in [5.74, 6) is 0.216. The van der Waals surface area contributed by atoms with E-state index in [0.29, 0.717) is 12.0 Å². The molecule has 3 nitrogen and oxygen atoms in total. The number of hydrogen-bond donors (Lipinski definition) is 0. The molecule has 6 heteroatoms. The van der Waals surface area contributed by atoms with Crippen LogP contribution in [0.5, 0.6) is 11.5 Å². The van der Waals surface area contributed by atoms with Gasteiger partial charge in [0.1, 0.15) is 17.3 Å². The standard InChI is InChI=1S/C18H11F3O3/c19-18(20,21)15-10-12(16-9-7-14(11-22)24-16)6-8-17(15)23-13-4-2-1-3-5-13/h1-11H. The van der Waals surface area contributed by atoms with Gasteiger partial charge >= 0.3 is 6.18 Å². The summed E-state index contributed by atoms with van der Waals surface area (Å²) in [5.41, 5.74) is -0.719. The van der Waals surface area contributed by atoms with Gasteiger partial charge in [-0.2, -0.15) is 13.2 Å². The van der Waals surface area contributed by atoms with Gasteiger partial charge in [-0.15, -0.1) is 0 Å². The fourth-order valence-electron chi connectivity index (χ4n) is 2.18. The summed E-state index contributed by atoms with van der Waals surface area (Å²) in [6, 6.07) is 14.7. The van der Waals surface area contributed by atoms with E-state index in [9.17, 15) is 18.0 Å². The molecule has 2 aromatic carbocycles. The molecule has 0 unspecified atom stereocenters. The Bertz CT molecular complexity index is 851. The number of para-hydroxylation sites is 1. The second-order valence-electron chi connectivity index (χ2n) is 4.94. The maximum Gasteiger partial charge on any atom is 0.420 e. The third-order valence-electron chi connectivity index (χ3n) is 3.28. The Hall–Kier alpha value is -3.02. The largest absolute Gasteiger partial charge is 0.457 e. The van der Waals surface area contributed by atoms with Crippen molar-refractivity contribution < 1.29 is 27.1 Å². The Balaban J connectivity index is 2.02. The zero-order chi connectivity index (χ0) is 17.2. The first-order chi connectivity index (χ1) is 11.5. The first-order valence-corrected chi connectivity index (χ1v) is 6.97. The SMILES string of the molecule is O=Cc1ccc(-c2ccc(Oc3ccccc3)c(C(F)(F)F)c2)o1. The van der Waals surface area contributed by atoms with Gasteiger partial charge in [0.25, 0.3) is 0 Å². The highest BCUT2D eigenvalue weighted by molar-refractivity contribution is 5.73. The number of carbonyl (C=O) groups is 1. The molecule has 3 rings (SSSR count). The number of benzene rings is 2. The van der Waals surface area contributed by atoms with Gasteiger partial charge in [-0.05, 0) is 42.5 Å². The van der Waals surface area contributed by atoms with Crippen molar-refractivity contribution in [3.63, 3.8) is 0 Å². The Labute approximate surface area is 135 Å². The Morgan fingerprint density at radius 2 is 1.71 bits per heavy atom. The molecular weight excluding hydrogens is 321 g/mol. The van der Waals surface area contributed by atoms with Gasteiger partial charge in [-0.3, -0.25) is 4.79 Å². The van der Waals surface area contributed by atoms with Crippen LogP contribution in [0.3, 0.4) is 0 Å². The number of furan rings is 1. The van der Waals surface area contributed by atoms with Crippen molar-refractivity contribution in [1.82, 2.24) is 0 Å². The summed E-state index contributed by atoms with van der Waals surface area (Å²) < 4.78 is 50.6. The fourth-order valence-corrected chi connectivity index (χ4v) is 2.18. The molecule has 0 N–H and O–H groups in total. The van der Waals surface area contributed by atoms with Crippen molar-refractivity contribution in [2.24, 2.45) is 0 Å². The lowest BCUT2D eigenvalue weighted by Gasteiger charge is -2.14. The smallest absolute Gasteiger partial charge is 0.420 e. The number of rotatable bonds is 4. The van der Waals surface area contributed by atoms with E-state index >= 15 is 0 Å². The maximum atomic E-state index is 13.4. The number of halogens is 3. The normalized spacial score (nSPS) is 11.3. The molecule has 24 heavy (non-hydrogen) atoms. The van der Waals surface area contributed by atoms with Gasteiger partial charge in [0.05, 0.1) is 5.56 Å². The molecule has 0 bridgehead atoms. The Morgan fingerprint density at radius 3 is 2.33 bits per heavy atom. The van der Waals surface area contributed by atoms with E-state index in [0.717, 1.165) is 6.07 Å². The lowest BCUT2D eigenvalue weighted by atomic mass is 10.1. The van der Waals surface area contributed by atoms with Gasteiger partial charge in [0.15, 0.2) is 12.0 Å². The van der Waals surface area contributed by atoms with Crippen LogP contribution >= 0.6 is 0 Å². The van der Waals surface area contributed by atoms with Crippen LogP contribution < -0.4 is 4.74 Å². The molecule has 0 radical (unpaired) electrons. The summed E-state index contributed by atoms with van der Waals surface area (Å²) in [5, 5.41) is 0. The average molecular weight is 332 g/mol. The lowest BCUT2D eigenvalue weighted by molar-refractivity contribution is -0.138. The molecule has 0 saturated carbocycles. The molecule has 0 atom stereocenters. The molecule has 0 saturated heterocycles. The highest BCUT2D eigenvalue weighted by Gasteiger charge is 2.35. The van der Waals surface area contributed by atoms with Crippen molar-refractivity contribution in [2.75, 3.05) is 0 Å². The van der Waals surface area contributed by atoms with E-state index in [2.05, 4.69) is 0 Å². The van der Waals surface area contributed by atoms with Crippen LogP contribution in [0.2, 0.25) is 0 Å². The van der Waals surface area contributed by atoms with Crippen LogP contribution in [0.15, 0.2) is 65.1 Å². The van der Waals surface area contributed by atoms with E-state index < -0.39 is 11.7 Å². The Morgan fingerprint density at radius 1 is 0.958 bits per heavy atom. The summed E-state index contributed by atoms with van der Waals surface area (Å²) in [6.07, 6.45) is -4.11. The molecule has 0 amide bonds. The number of alkyl halides is 3. The van der Waals surface area contributed by atoms with Crippen molar-refractivity contribution in [3.05, 3.63) is 72.0 Å². The van der Waals surface area contributed by atoms with Crippen LogP contribution in [-0.2, 0) is 6.18 Å². The van der Waals surface area contributed by atoms with Crippen LogP contribution in [0.1, 0.15) is 16.1 Å². The summed E-state index contributed by atoms with van der Waals surface area (Å²) in [6.45, 7) is 0. The van der Waals surface area contributed by atoms with E-state index in [1.807, 2.05) is 0 Å². The number of ether oxygens (including phenoxy) is 1. The third-order valence-corrected chi connectivity index (χ3v) is 3.28. The highest BCUT2D eigenvalue weighted by Crippen LogP contribution is 2.40. The molecule has 1 aromatic heterocycles. The topological polar surface area (TPSA) is 39.4 Å². The average Bonchev–Trinajstić information content (AvgIpc) is 3.04. The zero-order valence-corrected chi connectivity index (χ0v) is 12.2. The van der Waals surface area contributed by atoms with Gasteiger partial charge in [-0.25, -0.2) is 0 Å². The van der Waals surface area contributed by atoms with Crippen LogP contribution in [0, 0.1) is 0 Å². The molecule has 122 valence electrons. The highest BCUT2D eigenvalue weighted by atomic mass is 19.4. The van der Waals surface area contributed by atoms with Crippen molar-refractivity contribution in [1.29, 1.82) is 0 Å². The van der Waals surface area contributed by atoms with Gasteiger partial charge in [0.2, 0.25) is 0 Å². The molecule has 0 fully saturated rings. The van der Waals surface area contributed by atoms with Crippen LogP contribution in [0.25, 0.3) is 11.3 Å². The summed E-state index contributed by atoms with van der Waals surface area (Å²) in [7, 11) is 0. The minimum absolute atomic E-state index is 0.0446. The van der Waals surface area contributed by atoms with Crippen molar-refractivity contribution >= 4 is 6.29 Å². The maximum absolute atomic E-state index is 13.4. The minimum Gasteiger partial charge on any atom is -0.457 e. The minimum atomic E-state index is -4.60. The number of aldehydes is 1. The van der Waals surface area contributed by atoms with Gasteiger partial charge in [-0.1, -0.05) is 18.2 Å². The third kappa shape index (κ3) is 3.32. The van der Waals surface area contributed by atoms with E-state index in [4.69, 9.17) is 9.15 Å². The zero-order valence-electron chi connectivity index (χ0n) is 12.2. The second-order valence-corrected chi connectivity index (χ2v) is 4.94. The first-order valence-electron chi connectivity index (χ1n) is 6.97. The summed E-state index contributed by atoms with van der Waals surface area (Å²) >= 11 is 0. The molecule has 1 heterocycles. The van der Waals surface area contributed by atoms with E-state index in [1.165, 1.54) is 24.3 Å². The monoisotopic (exact) mass is 332 g/mol. The molecule has 0 aliphatic carbocycles. The predicted octanol–water partition coefficient (Wildman–Crippen LogP) is 5.57. The van der Waals surface area contributed by atoms with Crippen molar-refractivity contribution in [3.8, 4) is 22.8 Å². The van der Waals surface area contributed by atoms with Crippen LogP contribution in [-0.4, -0.2) is 6.29 Å². The molecule has 0 aliphatic heterocycles. The van der Waals surface area contributed by atoms with E-state index in [-0.39, 0.29) is 22.8 Å². The van der Waals surface area contributed by atoms with Gasteiger partial charge in [0, 0.05) is 5.56 Å². The summed E-state index contributed by atoms with van der Waals surface area (Å²) in [4.78, 5) is 10.6. The van der Waals surface area contributed by atoms with Crippen molar-refractivity contribution in [2.45, 2.75) is 6.18 Å². The second kappa shape index (κ2) is 6.23. The lowest BCUT2D eigenvalue weighted by Crippen LogP contribution is -2.07. The van der Waals surface area contributed by atoms with Gasteiger partial charge < -0.3 is 9.15 Å². The molecule has 0 spiro atoms. The molecular formula is C18H11F3O3. The quantitative estimate of drug-likeness (QED) is 0.586. The number of hydrogen-bond acceptors (Lipinski definition) is 3. The molecule has 0 aliphatic rings. The first kappa shape index (κ1) is 15.9. The predicted molar refractivity (Wildman–Crippen MR) is 81.0 cm³/mol. The molecule has 3 aromatic rings. The van der Waals surface area contributed by atoms with E-state index in [1.54, 1.807) is 30.3 Å². The fraction of sp³-hybridized carbons (Fsp3) is 0.0556. The number of carbonyl (C=O) groups excluding carboxylic acids is 1.